The van der Waals surface area contributed by atoms with Crippen LogP contribution >= 0.6 is 0 Å². The second kappa shape index (κ2) is 6.04. The summed E-state index contributed by atoms with van der Waals surface area (Å²) in [7, 11) is -1.60. The minimum atomic E-state index is -3.74. The van der Waals surface area contributed by atoms with Crippen molar-refractivity contribution < 1.29 is 12.8 Å². The van der Waals surface area contributed by atoms with E-state index in [2.05, 4.69) is 17.3 Å². The van der Waals surface area contributed by atoms with E-state index in [-0.39, 0.29) is 5.09 Å². The van der Waals surface area contributed by atoms with Gasteiger partial charge in [-0.15, -0.1) is 0 Å². The Hall–Kier alpha value is -0.890. The van der Waals surface area contributed by atoms with E-state index in [4.69, 9.17) is 9.56 Å². The molecule has 1 saturated heterocycles. The van der Waals surface area contributed by atoms with E-state index in [0.717, 1.165) is 13.1 Å². The number of hydrogen-bond donors (Lipinski definition) is 2. The quantitative estimate of drug-likeness (QED) is 0.816. The highest BCUT2D eigenvalue weighted by Gasteiger charge is 2.17. The zero-order valence-electron chi connectivity index (χ0n) is 11.1. The van der Waals surface area contributed by atoms with Gasteiger partial charge in [-0.3, -0.25) is 0 Å². The summed E-state index contributed by atoms with van der Waals surface area (Å²) in [6.07, 6.45) is 2.47. The van der Waals surface area contributed by atoms with Crippen molar-refractivity contribution in [3.63, 3.8) is 0 Å². The zero-order valence-corrected chi connectivity index (χ0v) is 11.9. The molecule has 0 saturated carbocycles. The standard InChI is InChI=1S/C12H21N3O3S/c1-15-6-2-3-10(9-15)7-14-8-11-4-5-12(18-11)19(13,16)17/h4-5,10,14H,2-3,6-9H2,1H3,(H2,13,16,17). The maximum atomic E-state index is 11.1. The van der Waals surface area contributed by atoms with Crippen LogP contribution in [0.1, 0.15) is 18.6 Å². The lowest BCUT2D eigenvalue weighted by molar-refractivity contribution is 0.205. The molecule has 1 aliphatic heterocycles. The molecule has 19 heavy (non-hydrogen) atoms. The number of piperidine rings is 1. The fraction of sp³-hybridized carbons (Fsp3) is 0.667. The van der Waals surface area contributed by atoms with Gasteiger partial charge < -0.3 is 14.6 Å². The minimum absolute atomic E-state index is 0.179. The smallest absolute Gasteiger partial charge is 0.271 e. The number of hydrogen-bond acceptors (Lipinski definition) is 5. The van der Waals surface area contributed by atoms with Crippen molar-refractivity contribution in [3.8, 4) is 0 Å². The number of nitrogens with two attached hydrogens (primary N) is 1. The Morgan fingerprint density at radius 2 is 2.32 bits per heavy atom. The summed E-state index contributed by atoms with van der Waals surface area (Å²) in [5.74, 6) is 1.24. The Morgan fingerprint density at radius 3 is 2.95 bits per heavy atom. The third-order valence-corrected chi connectivity index (χ3v) is 4.15. The lowest BCUT2D eigenvalue weighted by Gasteiger charge is -2.29. The second-order valence-electron chi connectivity index (χ2n) is 5.17. The fourth-order valence-corrected chi connectivity index (χ4v) is 2.93. The van der Waals surface area contributed by atoms with Gasteiger partial charge in [-0.25, -0.2) is 13.6 Å². The van der Waals surface area contributed by atoms with Crippen molar-refractivity contribution in [2.75, 3.05) is 26.7 Å². The Bertz CT molecular complexity index is 512. The summed E-state index contributed by atoms with van der Waals surface area (Å²) in [6, 6.07) is 3.03. The van der Waals surface area contributed by atoms with Gasteiger partial charge in [0.25, 0.3) is 10.0 Å². The summed E-state index contributed by atoms with van der Waals surface area (Å²) >= 11 is 0. The van der Waals surface area contributed by atoms with E-state index in [1.54, 1.807) is 6.07 Å². The molecule has 0 radical (unpaired) electrons. The first-order valence-electron chi connectivity index (χ1n) is 6.46. The number of primary sulfonamides is 1. The average molecular weight is 287 g/mol. The van der Waals surface area contributed by atoms with Crippen LogP contribution in [-0.2, 0) is 16.6 Å². The summed E-state index contributed by atoms with van der Waals surface area (Å²) in [4.78, 5) is 2.34. The monoisotopic (exact) mass is 287 g/mol. The Labute approximate surface area is 114 Å². The minimum Gasteiger partial charge on any atom is -0.447 e. The highest BCUT2D eigenvalue weighted by Crippen LogP contribution is 2.15. The summed E-state index contributed by atoms with van der Waals surface area (Å²) < 4.78 is 27.3. The van der Waals surface area contributed by atoms with Crippen LogP contribution in [-0.4, -0.2) is 40.0 Å². The van der Waals surface area contributed by atoms with Gasteiger partial charge in [-0.2, -0.15) is 0 Å². The van der Waals surface area contributed by atoms with Gasteiger partial charge in [-0.05, 0) is 51.0 Å². The largest absolute Gasteiger partial charge is 0.447 e. The summed E-state index contributed by atoms with van der Waals surface area (Å²) in [5.41, 5.74) is 0. The molecule has 0 spiro atoms. The van der Waals surface area contributed by atoms with Crippen LogP contribution in [0, 0.1) is 5.92 Å². The van der Waals surface area contributed by atoms with Crippen LogP contribution in [0.5, 0.6) is 0 Å². The van der Waals surface area contributed by atoms with Crippen molar-refractivity contribution in [2.45, 2.75) is 24.5 Å². The molecule has 108 valence electrons. The first kappa shape index (κ1) is 14.5. The van der Waals surface area contributed by atoms with E-state index in [1.807, 2.05) is 0 Å². The molecule has 1 unspecified atom stereocenters. The Balaban J connectivity index is 1.78. The number of sulfonamides is 1. The summed E-state index contributed by atoms with van der Waals surface area (Å²) in [5, 5.41) is 8.11. The molecule has 0 aliphatic carbocycles. The van der Waals surface area contributed by atoms with E-state index in [0.29, 0.717) is 18.2 Å². The number of likely N-dealkylation sites (tertiary alicyclic amines) is 1. The highest BCUT2D eigenvalue weighted by molar-refractivity contribution is 7.89. The normalized spacial score (nSPS) is 21.7. The molecule has 7 heteroatoms. The Kier molecular flexibility index (Phi) is 4.62. The van der Waals surface area contributed by atoms with E-state index < -0.39 is 10.0 Å². The van der Waals surface area contributed by atoms with Crippen LogP contribution in [0.4, 0.5) is 0 Å². The van der Waals surface area contributed by atoms with Gasteiger partial charge in [0.05, 0.1) is 6.54 Å². The fourth-order valence-electron chi connectivity index (χ4n) is 2.45. The predicted octanol–water partition coefficient (Wildman–Crippen LogP) is 0.358. The van der Waals surface area contributed by atoms with Crippen LogP contribution in [0.2, 0.25) is 0 Å². The van der Waals surface area contributed by atoms with Crippen molar-refractivity contribution >= 4 is 10.0 Å². The van der Waals surface area contributed by atoms with Crippen LogP contribution in [0.25, 0.3) is 0 Å². The number of nitrogens with zero attached hydrogens (tertiary/aromatic N) is 1. The van der Waals surface area contributed by atoms with E-state index >= 15 is 0 Å². The van der Waals surface area contributed by atoms with Gasteiger partial charge >= 0.3 is 0 Å². The topological polar surface area (TPSA) is 88.6 Å². The second-order valence-corrected chi connectivity index (χ2v) is 6.66. The van der Waals surface area contributed by atoms with Gasteiger partial charge in [0.1, 0.15) is 5.76 Å². The van der Waals surface area contributed by atoms with E-state index in [9.17, 15) is 8.42 Å². The molecule has 1 aromatic rings. The molecule has 1 aromatic heterocycles. The molecule has 0 aromatic carbocycles. The molecule has 2 heterocycles. The van der Waals surface area contributed by atoms with Crippen LogP contribution in [0.3, 0.4) is 0 Å². The zero-order chi connectivity index (χ0) is 13.9. The molecular formula is C12H21N3O3S. The SMILES string of the molecule is CN1CCCC(CNCc2ccc(S(N)(=O)=O)o2)C1. The first-order chi connectivity index (χ1) is 8.95. The van der Waals surface area contributed by atoms with Gasteiger partial charge in [0.2, 0.25) is 5.09 Å². The van der Waals surface area contributed by atoms with Crippen molar-refractivity contribution in [1.82, 2.24) is 10.2 Å². The third kappa shape index (κ3) is 4.31. The van der Waals surface area contributed by atoms with Crippen LogP contribution in [0.15, 0.2) is 21.6 Å². The lowest BCUT2D eigenvalue weighted by Crippen LogP contribution is -2.37. The van der Waals surface area contributed by atoms with Crippen LogP contribution < -0.4 is 10.5 Å². The Morgan fingerprint density at radius 1 is 1.53 bits per heavy atom. The molecule has 1 aliphatic rings. The van der Waals surface area contributed by atoms with E-state index in [1.165, 1.54) is 25.5 Å². The number of rotatable bonds is 5. The maximum Gasteiger partial charge on any atom is 0.271 e. The molecule has 2 rings (SSSR count). The first-order valence-corrected chi connectivity index (χ1v) is 8.00. The van der Waals surface area contributed by atoms with Crippen molar-refractivity contribution in [1.29, 1.82) is 0 Å². The molecule has 3 N–H and O–H groups in total. The van der Waals surface area contributed by atoms with Crippen molar-refractivity contribution in [2.24, 2.45) is 11.1 Å². The molecule has 0 bridgehead atoms. The highest BCUT2D eigenvalue weighted by atomic mass is 32.2. The molecule has 0 amide bonds. The average Bonchev–Trinajstić information content (AvgIpc) is 2.77. The van der Waals surface area contributed by atoms with Crippen molar-refractivity contribution in [3.05, 3.63) is 17.9 Å². The predicted molar refractivity (Wildman–Crippen MR) is 72.0 cm³/mol. The summed E-state index contributed by atoms with van der Waals surface area (Å²) in [6.45, 7) is 3.71. The molecule has 6 nitrogen and oxygen atoms in total. The molecular weight excluding hydrogens is 266 g/mol. The third-order valence-electron chi connectivity index (χ3n) is 3.37. The molecule has 1 atom stereocenters. The van der Waals surface area contributed by atoms with Gasteiger partial charge in [0.15, 0.2) is 0 Å². The number of furan rings is 1. The van der Waals surface area contributed by atoms with Gasteiger partial charge in [-0.1, -0.05) is 0 Å². The lowest BCUT2D eigenvalue weighted by atomic mass is 9.98. The molecule has 1 fully saturated rings. The maximum absolute atomic E-state index is 11.1. The number of nitrogens with one attached hydrogen (secondary N) is 1. The van der Waals surface area contributed by atoms with Gasteiger partial charge in [0, 0.05) is 6.54 Å².